The predicted octanol–water partition coefficient (Wildman–Crippen LogP) is 3.50. The number of fused-ring (bicyclic) bond motifs is 1. The molecule has 0 bridgehead atoms. The molecule has 1 amide bonds. The minimum Gasteiger partial charge on any atom is -0.452 e. The first-order valence-electron chi connectivity index (χ1n) is 7.80. The second-order valence-electron chi connectivity index (χ2n) is 5.75. The number of benzene rings is 1. The number of hydrogen-bond donors (Lipinski definition) is 0. The summed E-state index contributed by atoms with van der Waals surface area (Å²) in [5.74, 6) is -0.0617. The summed E-state index contributed by atoms with van der Waals surface area (Å²) in [5, 5.41) is 1.28. The van der Waals surface area contributed by atoms with Gasteiger partial charge in [-0.05, 0) is 29.8 Å². The second-order valence-corrected chi connectivity index (χ2v) is 7.21. The smallest absolute Gasteiger partial charge is 0.258 e. The van der Waals surface area contributed by atoms with E-state index in [-0.39, 0.29) is 11.1 Å². The minimum atomic E-state index is -0.0617. The van der Waals surface area contributed by atoms with Crippen LogP contribution < -0.4 is 0 Å². The normalized spacial score (nSPS) is 16.0. The lowest BCUT2D eigenvalue weighted by Gasteiger charge is -2.34. The summed E-state index contributed by atoms with van der Waals surface area (Å²) < 4.78 is 6.22. The van der Waals surface area contributed by atoms with Gasteiger partial charge in [0.15, 0.2) is 0 Å². The summed E-state index contributed by atoms with van der Waals surface area (Å²) in [5.41, 5.74) is 1.50. The van der Waals surface area contributed by atoms with E-state index in [1.54, 1.807) is 17.4 Å². The Morgan fingerprint density at radius 2 is 2.00 bits per heavy atom. The van der Waals surface area contributed by atoms with E-state index >= 15 is 0 Å². The van der Waals surface area contributed by atoms with Gasteiger partial charge in [-0.2, -0.15) is 0 Å². The quantitative estimate of drug-likeness (QED) is 0.716. The van der Waals surface area contributed by atoms with Crippen LogP contribution in [-0.2, 0) is 6.54 Å². The van der Waals surface area contributed by atoms with Crippen molar-refractivity contribution in [1.82, 2.24) is 14.8 Å². The number of carbonyl (C=O) groups is 1. The van der Waals surface area contributed by atoms with Crippen LogP contribution in [0.4, 0.5) is 0 Å². The monoisotopic (exact) mass is 361 g/mol. The molecule has 0 N–H and O–H groups in total. The number of aromatic nitrogens is 1. The highest BCUT2D eigenvalue weighted by atomic mass is 35.5. The van der Waals surface area contributed by atoms with Gasteiger partial charge in [-0.25, -0.2) is 4.98 Å². The molecule has 0 saturated carbocycles. The van der Waals surface area contributed by atoms with Gasteiger partial charge in [-0.3, -0.25) is 9.69 Å². The molecule has 5 nitrogen and oxygen atoms in total. The maximum atomic E-state index is 12.4. The first-order valence-corrected chi connectivity index (χ1v) is 8.99. The highest BCUT2D eigenvalue weighted by Crippen LogP contribution is 2.23. The number of amides is 1. The van der Waals surface area contributed by atoms with Crippen LogP contribution in [0.5, 0.6) is 0 Å². The van der Waals surface area contributed by atoms with Gasteiger partial charge in [-0.1, -0.05) is 12.1 Å². The van der Waals surface area contributed by atoms with Gasteiger partial charge in [0.1, 0.15) is 5.01 Å². The van der Waals surface area contributed by atoms with Crippen molar-refractivity contribution in [3.05, 3.63) is 52.4 Å². The van der Waals surface area contributed by atoms with E-state index in [1.807, 2.05) is 23.1 Å². The van der Waals surface area contributed by atoms with Crippen molar-refractivity contribution in [3.63, 3.8) is 0 Å². The number of para-hydroxylation sites is 1. The van der Waals surface area contributed by atoms with Gasteiger partial charge in [0.2, 0.25) is 5.22 Å². The lowest BCUT2D eigenvalue weighted by molar-refractivity contribution is 0.0628. The van der Waals surface area contributed by atoms with E-state index in [9.17, 15) is 4.79 Å². The molecule has 0 aliphatic carbocycles. The third-order valence-electron chi connectivity index (χ3n) is 4.20. The largest absolute Gasteiger partial charge is 0.452 e. The Hall–Kier alpha value is -1.89. The Morgan fingerprint density at radius 1 is 1.21 bits per heavy atom. The molecule has 3 heterocycles. The maximum absolute atomic E-state index is 12.4. The van der Waals surface area contributed by atoms with Crippen molar-refractivity contribution in [2.75, 3.05) is 26.2 Å². The van der Waals surface area contributed by atoms with E-state index in [1.165, 1.54) is 11.0 Å². The number of halogens is 1. The Kier molecular flexibility index (Phi) is 4.26. The fourth-order valence-corrected chi connectivity index (χ4v) is 4.11. The molecule has 1 aliphatic rings. The van der Waals surface area contributed by atoms with Crippen molar-refractivity contribution < 1.29 is 9.21 Å². The van der Waals surface area contributed by atoms with Crippen molar-refractivity contribution in [2.45, 2.75) is 6.54 Å². The third-order valence-corrected chi connectivity index (χ3v) is 5.52. The van der Waals surface area contributed by atoms with Crippen LogP contribution in [0, 0.1) is 0 Å². The molecule has 0 unspecified atom stereocenters. The number of carbonyl (C=O) groups excluding carboxylic acids is 1. The third kappa shape index (κ3) is 3.05. The Balaban J connectivity index is 1.37. The summed E-state index contributed by atoms with van der Waals surface area (Å²) in [7, 11) is 0. The van der Waals surface area contributed by atoms with Crippen molar-refractivity contribution in [2.24, 2.45) is 0 Å². The number of thiazole rings is 1. The van der Waals surface area contributed by atoms with Crippen LogP contribution in [-0.4, -0.2) is 46.9 Å². The topological polar surface area (TPSA) is 49.6 Å². The van der Waals surface area contributed by atoms with Crippen LogP contribution in [0.3, 0.4) is 0 Å². The highest BCUT2D eigenvalue weighted by Gasteiger charge is 2.25. The van der Waals surface area contributed by atoms with Crippen molar-refractivity contribution >= 4 is 39.1 Å². The van der Waals surface area contributed by atoms with Gasteiger partial charge < -0.3 is 9.32 Å². The number of hydrogen-bond acceptors (Lipinski definition) is 5. The summed E-state index contributed by atoms with van der Waals surface area (Å²) in [6.07, 6.45) is 1.44. The molecular weight excluding hydrogens is 346 g/mol. The lowest BCUT2D eigenvalue weighted by Crippen LogP contribution is -2.48. The zero-order valence-corrected chi connectivity index (χ0v) is 14.5. The highest BCUT2D eigenvalue weighted by molar-refractivity contribution is 7.18. The van der Waals surface area contributed by atoms with Crippen molar-refractivity contribution in [1.29, 1.82) is 0 Å². The molecule has 0 radical (unpaired) electrons. The summed E-state index contributed by atoms with van der Waals surface area (Å²) >= 11 is 7.63. The number of piperazine rings is 1. The van der Waals surface area contributed by atoms with E-state index < -0.39 is 0 Å². The van der Waals surface area contributed by atoms with Crippen molar-refractivity contribution in [3.8, 4) is 0 Å². The summed E-state index contributed by atoms with van der Waals surface area (Å²) in [4.78, 5) is 21.3. The van der Waals surface area contributed by atoms with E-state index in [0.717, 1.165) is 30.2 Å². The van der Waals surface area contributed by atoms with Gasteiger partial charge in [0.25, 0.3) is 5.91 Å². The SMILES string of the molecule is O=C(c1ccoc1Cl)N1CCN(Cc2nc3ccccc3s2)CC1. The molecule has 1 fully saturated rings. The number of nitrogens with zero attached hydrogens (tertiary/aromatic N) is 3. The van der Waals surface area contributed by atoms with E-state index in [2.05, 4.69) is 16.0 Å². The summed E-state index contributed by atoms with van der Waals surface area (Å²) in [6.45, 7) is 3.86. The Morgan fingerprint density at radius 3 is 2.71 bits per heavy atom. The van der Waals surface area contributed by atoms with Crippen LogP contribution in [0.1, 0.15) is 15.4 Å². The van der Waals surface area contributed by atoms with Gasteiger partial charge in [0.05, 0.1) is 28.6 Å². The van der Waals surface area contributed by atoms with Crippen LogP contribution in [0.15, 0.2) is 41.0 Å². The van der Waals surface area contributed by atoms with Crippen LogP contribution in [0.2, 0.25) is 5.22 Å². The van der Waals surface area contributed by atoms with E-state index in [4.69, 9.17) is 16.0 Å². The Labute approximate surface area is 148 Å². The maximum Gasteiger partial charge on any atom is 0.258 e. The molecule has 1 saturated heterocycles. The zero-order chi connectivity index (χ0) is 16.5. The average molecular weight is 362 g/mol. The standard InChI is InChI=1S/C17H16ClN3O2S/c18-16-12(5-10-23-16)17(22)21-8-6-20(7-9-21)11-15-19-13-3-1-2-4-14(13)24-15/h1-5,10H,6-9,11H2. The Bertz CT molecular complexity index is 834. The van der Waals surface area contributed by atoms with E-state index in [0.29, 0.717) is 18.7 Å². The molecule has 0 atom stereocenters. The molecule has 3 aromatic rings. The molecule has 1 aliphatic heterocycles. The molecule has 2 aromatic heterocycles. The molecule has 24 heavy (non-hydrogen) atoms. The zero-order valence-electron chi connectivity index (χ0n) is 12.9. The predicted molar refractivity (Wildman–Crippen MR) is 94.5 cm³/mol. The number of rotatable bonds is 3. The molecule has 124 valence electrons. The molecule has 1 aromatic carbocycles. The molecule has 7 heteroatoms. The first-order chi connectivity index (χ1) is 11.7. The van der Waals surface area contributed by atoms with Gasteiger partial charge in [-0.15, -0.1) is 11.3 Å². The fourth-order valence-electron chi connectivity index (χ4n) is 2.90. The minimum absolute atomic E-state index is 0.0617. The van der Waals surface area contributed by atoms with Gasteiger partial charge >= 0.3 is 0 Å². The molecule has 4 rings (SSSR count). The van der Waals surface area contributed by atoms with Gasteiger partial charge in [0, 0.05) is 26.2 Å². The first kappa shape index (κ1) is 15.6. The molecular formula is C17H16ClN3O2S. The summed E-state index contributed by atoms with van der Waals surface area (Å²) in [6, 6.07) is 9.81. The number of furan rings is 1. The van der Waals surface area contributed by atoms with Crippen LogP contribution >= 0.6 is 22.9 Å². The fraction of sp³-hybridized carbons (Fsp3) is 0.294. The molecule has 0 spiro atoms. The average Bonchev–Trinajstić information content (AvgIpc) is 3.20. The lowest BCUT2D eigenvalue weighted by atomic mass is 10.2. The van der Waals surface area contributed by atoms with Crippen LogP contribution in [0.25, 0.3) is 10.2 Å². The second kappa shape index (κ2) is 6.55.